The number of carbonyl (C=O) groups is 2. The van der Waals surface area contributed by atoms with E-state index in [-0.39, 0.29) is 10.9 Å². The lowest BCUT2D eigenvalue weighted by molar-refractivity contribution is -0.925. The Kier molecular flexibility index (Phi) is 14.4. The van der Waals surface area contributed by atoms with Crippen molar-refractivity contribution in [2.45, 2.75) is 115 Å². The smallest absolute Gasteiger partial charge is 0.227 e. The summed E-state index contributed by atoms with van der Waals surface area (Å²) in [5, 5.41) is 31.9. The van der Waals surface area contributed by atoms with Crippen LogP contribution < -0.4 is 5.11 Å². The van der Waals surface area contributed by atoms with Crippen LogP contribution in [0.15, 0.2) is 0 Å². The Morgan fingerprint density at radius 1 is 0.828 bits per heavy atom. The molecule has 6 nitrogen and oxygen atoms in total. The molecule has 29 heavy (non-hydrogen) atoms. The lowest BCUT2D eigenvalue weighted by Crippen LogP contribution is -2.63. The molecular weight excluding hydrogens is 370 g/mol. The first-order valence-electron chi connectivity index (χ1n) is 11.5. The van der Waals surface area contributed by atoms with Crippen molar-refractivity contribution in [1.82, 2.24) is 0 Å². The molecule has 0 fully saturated rings. The van der Waals surface area contributed by atoms with Gasteiger partial charge in [-0.1, -0.05) is 84.0 Å². The molecule has 0 bridgehead atoms. The van der Waals surface area contributed by atoms with E-state index in [0.717, 1.165) is 19.3 Å². The second-order valence-electron chi connectivity index (χ2n) is 9.38. The molecule has 0 saturated heterocycles. The van der Waals surface area contributed by atoms with E-state index in [0.29, 0.717) is 6.42 Å². The molecule has 0 aromatic rings. The molecule has 172 valence electrons. The number of carboxylic acids is 1. The van der Waals surface area contributed by atoms with Gasteiger partial charge in [0.15, 0.2) is 5.78 Å². The van der Waals surface area contributed by atoms with Gasteiger partial charge in [-0.2, -0.15) is 0 Å². The van der Waals surface area contributed by atoms with Crippen LogP contribution in [0.3, 0.4) is 0 Å². The molecule has 0 heterocycles. The summed E-state index contributed by atoms with van der Waals surface area (Å²) in [7, 11) is 4.80. The van der Waals surface area contributed by atoms with Gasteiger partial charge in [-0.05, 0) is 6.42 Å². The Morgan fingerprint density at radius 3 is 1.55 bits per heavy atom. The molecule has 0 rings (SSSR count). The third kappa shape index (κ3) is 12.3. The molecule has 0 aliphatic heterocycles. The topological polar surface area (TPSA) is 97.7 Å². The minimum atomic E-state index is -2.31. The standard InChI is InChI=1S/C23H45NO5/c1-5-6-7-8-9-10-11-12-13-14-15-16-17-18-20(25)23(29,19-21(26)27)22(28)24(2,3)4/h22,28-29H,5-19H2,1-4H3/t22?,23-/m0/s1. The lowest BCUT2D eigenvalue weighted by atomic mass is 9.87. The maximum atomic E-state index is 12.5. The highest BCUT2D eigenvalue weighted by Gasteiger charge is 2.49. The van der Waals surface area contributed by atoms with E-state index < -0.39 is 30.0 Å². The third-order valence-corrected chi connectivity index (χ3v) is 5.56. The predicted molar refractivity (Wildman–Crippen MR) is 114 cm³/mol. The van der Waals surface area contributed by atoms with Crippen molar-refractivity contribution < 1.29 is 29.4 Å². The van der Waals surface area contributed by atoms with E-state index >= 15 is 0 Å². The number of Topliss-reactive ketones (excluding diaryl/α,β-unsaturated/α-hetero) is 1. The summed E-state index contributed by atoms with van der Waals surface area (Å²) < 4.78 is -0.131. The minimum Gasteiger partial charge on any atom is -0.550 e. The van der Waals surface area contributed by atoms with Gasteiger partial charge in [0.2, 0.25) is 11.8 Å². The van der Waals surface area contributed by atoms with Crippen LogP contribution in [0.25, 0.3) is 0 Å². The zero-order valence-corrected chi connectivity index (χ0v) is 19.3. The lowest BCUT2D eigenvalue weighted by Gasteiger charge is -2.40. The predicted octanol–water partition coefficient (Wildman–Crippen LogP) is 2.93. The Bertz CT molecular complexity index is 461. The first kappa shape index (κ1) is 28.0. The second kappa shape index (κ2) is 14.9. The van der Waals surface area contributed by atoms with Crippen LogP contribution >= 0.6 is 0 Å². The number of unbranched alkanes of at least 4 members (excludes halogenated alkanes) is 12. The summed E-state index contributed by atoms with van der Waals surface area (Å²) in [6.07, 6.45) is 13.1. The first-order chi connectivity index (χ1) is 13.6. The highest BCUT2D eigenvalue weighted by molar-refractivity contribution is 5.90. The maximum absolute atomic E-state index is 12.5. The Morgan fingerprint density at radius 2 is 1.21 bits per heavy atom. The molecule has 0 aromatic heterocycles. The average Bonchev–Trinajstić information content (AvgIpc) is 2.63. The van der Waals surface area contributed by atoms with E-state index in [1.165, 1.54) is 57.8 Å². The van der Waals surface area contributed by atoms with E-state index in [1.54, 1.807) is 21.1 Å². The Labute approximate surface area is 177 Å². The van der Waals surface area contributed by atoms with Crippen LogP contribution in [0.2, 0.25) is 0 Å². The quantitative estimate of drug-likeness (QED) is 0.192. The SMILES string of the molecule is CCCCCCCCCCCCCCCC(=O)[C@@](O)(CC(=O)[O-])C(O)[N+](C)(C)C. The van der Waals surface area contributed by atoms with Gasteiger partial charge in [-0.3, -0.25) is 4.79 Å². The number of nitrogens with zero attached hydrogens (tertiary/aromatic N) is 1. The number of hydrogen-bond acceptors (Lipinski definition) is 5. The fourth-order valence-electron chi connectivity index (χ4n) is 3.71. The molecule has 0 amide bonds. The van der Waals surface area contributed by atoms with Crippen LogP contribution in [0.1, 0.15) is 103 Å². The minimum absolute atomic E-state index is 0.0681. The van der Waals surface area contributed by atoms with E-state index in [4.69, 9.17) is 0 Å². The zero-order chi connectivity index (χ0) is 22.3. The number of ketones is 1. The van der Waals surface area contributed by atoms with Gasteiger partial charge in [0.05, 0.1) is 21.1 Å². The van der Waals surface area contributed by atoms with Gasteiger partial charge < -0.3 is 24.6 Å². The van der Waals surface area contributed by atoms with Crippen molar-refractivity contribution in [3.8, 4) is 0 Å². The summed E-state index contributed by atoms with van der Waals surface area (Å²) in [6, 6.07) is 0. The monoisotopic (exact) mass is 415 g/mol. The molecule has 1 unspecified atom stereocenters. The molecule has 2 N–H and O–H groups in total. The normalized spacial score (nSPS) is 15.1. The Hall–Kier alpha value is -0.980. The van der Waals surface area contributed by atoms with Gasteiger partial charge in [0.25, 0.3) is 0 Å². The number of aliphatic carboxylic acids is 1. The summed E-state index contributed by atoms with van der Waals surface area (Å²) in [5.41, 5.74) is -2.31. The number of quaternary nitrogens is 1. The fraction of sp³-hybridized carbons (Fsp3) is 0.913. The van der Waals surface area contributed by atoms with Crippen LogP contribution in [0.5, 0.6) is 0 Å². The summed E-state index contributed by atoms with van der Waals surface area (Å²) in [5.74, 6) is -2.16. The summed E-state index contributed by atoms with van der Waals surface area (Å²) in [4.78, 5) is 23.5. The van der Waals surface area contributed by atoms with Gasteiger partial charge >= 0.3 is 0 Å². The summed E-state index contributed by atoms with van der Waals surface area (Å²) in [6.45, 7) is 2.23. The number of hydrogen-bond donors (Lipinski definition) is 2. The van der Waals surface area contributed by atoms with Crippen molar-refractivity contribution in [2.24, 2.45) is 0 Å². The number of likely N-dealkylation sites (N-methyl/N-ethyl adjacent to an activating group) is 1. The van der Waals surface area contributed by atoms with Crippen LogP contribution in [0.4, 0.5) is 0 Å². The second-order valence-corrected chi connectivity index (χ2v) is 9.38. The molecule has 0 aliphatic carbocycles. The number of aliphatic hydroxyl groups excluding tert-OH is 1. The molecule has 0 spiro atoms. The number of carbonyl (C=O) groups excluding carboxylic acids is 2. The van der Waals surface area contributed by atoms with E-state index in [1.807, 2.05) is 0 Å². The van der Waals surface area contributed by atoms with Gasteiger partial charge in [0.1, 0.15) is 0 Å². The molecular formula is C23H45NO5. The molecule has 6 heteroatoms. The van der Waals surface area contributed by atoms with Crippen molar-refractivity contribution in [3.05, 3.63) is 0 Å². The van der Waals surface area contributed by atoms with Crippen LogP contribution in [-0.2, 0) is 9.59 Å². The van der Waals surface area contributed by atoms with Gasteiger partial charge in [0, 0.05) is 18.8 Å². The number of carboxylic acid groups (broad SMARTS) is 1. The number of rotatable bonds is 19. The van der Waals surface area contributed by atoms with Crippen molar-refractivity contribution in [3.63, 3.8) is 0 Å². The molecule has 0 radical (unpaired) electrons. The van der Waals surface area contributed by atoms with Crippen LogP contribution in [-0.4, -0.2) is 59.4 Å². The maximum Gasteiger partial charge on any atom is 0.227 e. The van der Waals surface area contributed by atoms with Crippen molar-refractivity contribution in [1.29, 1.82) is 0 Å². The zero-order valence-electron chi connectivity index (χ0n) is 19.3. The fourth-order valence-corrected chi connectivity index (χ4v) is 3.71. The Balaban J connectivity index is 4.01. The van der Waals surface area contributed by atoms with Gasteiger partial charge in [-0.25, -0.2) is 0 Å². The van der Waals surface area contributed by atoms with E-state index in [9.17, 15) is 24.9 Å². The van der Waals surface area contributed by atoms with Crippen molar-refractivity contribution >= 4 is 11.8 Å². The van der Waals surface area contributed by atoms with Crippen molar-refractivity contribution in [2.75, 3.05) is 21.1 Å². The highest BCUT2D eigenvalue weighted by Crippen LogP contribution is 2.25. The summed E-state index contributed by atoms with van der Waals surface area (Å²) >= 11 is 0. The molecule has 0 saturated carbocycles. The largest absolute Gasteiger partial charge is 0.550 e. The molecule has 2 atom stereocenters. The number of aliphatic hydroxyl groups is 2. The van der Waals surface area contributed by atoms with E-state index in [2.05, 4.69) is 6.92 Å². The average molecular weight is 416 g/mol. The molecule has 0 aromatic carbocycles. The highest BCUT2D eigenvalue weighted by atomic mass is 16.4. The first-order valence-corrected chi connectivity index (χ1v) is 11.5. The third-order valence-electron chi connectivity index (χ3n) is 5.56. The molecule has 0 aliphatic rings. The van der Waals surface area contributed by atoms with Gasteiger partial charge in [-0.15, -0.1) is 0 Å². The van der Waals surface area contributed by atoms with Crippen LogP contribution in [0, 0.1) is 0 Å².